The Labute approximate surface area is 196 Å². The van der Waals surface area contributed by atoms with Crippen molar-refractivity contribution < 1.29 is 17.6 Å². The molecule has 0 N–H and O–H groups in total. The third-order valence-electron chi connectivity index (χ3n) is 5.33. The van der Waals surface area contributed by atoms with E-state index in [1.54, 1.807) is 41.5 Å². The fourth-order valence-corrected chi connectivity index (χ4v) is 5.11. The van der Waals surface area contributed by atoms with Gasteiger partial charge in [0.2, 0.25) is 15.9 Å². The van der Waals surface area contributed by atoms with Crippen molar-refractivity contribution in [3.05, 3.63) is 89.9 Å². The lowest BCUT2D eigenvalue weighted by molar-refractivity contribution is -0.132. The third-order valence-corrected chi connectivity index (χ3v) is 7.16. The van der Waals surface area contributed by atoms with Crippen LogP contribution < -0.4 is 0 Å². The Hall–Kier alpha value is -2.90. The zero-order valence-corrected chi connectivity index (χ0v) is 20.3. The summed E-state index contributed by atoms with van der Waals surface area (Å²) in [5.74, 6) is 0.479. The van der Waals surface area contributed by atoms with Crippen LogP contribution in [0.4, 0.5) is 0 Å². The molecule has 1 aromatic heterocycles. The average Bonchev–Trinajstić information content (AvgIpc) is 3.30. The summed E-state index contributed by atoms with van der Waals surface area (Å²) in [5.41, 5.74) is 2.09. The van der Waals surface area contributed by atoms with E-state index in [0.29, 0.717) is 25.3 Å². The van der Waals surface area contributed by atoms with Gasteiger partial charge >= 0.3 is 0 Å². The van der Waals surface area contributed by atoms with Crippen molar-refractivity contribution in [1.82, 2.24) is 9.21 Å². The minimum Gasteiger partial charge on any atom is -0.467 e. The second-order valence-corrected chi connectivity index (χ2v) is 10.6. The van der Waals surface area contributed by atoms with Gasteiger partial charge < -0.3 is 9.32 Å². The molecular formula is C26H32N2O4S. The smallest absolute Gasteiger partial charge is 0.243 e. The van der Waals surface area contributed by atoms with Crippen LogP contribution in [0, 0.1) is 12.8 Å². The molecule has 0 fully saturated rings. The van der Waals surface area contributed by atoms with Crippen LogP contribution in [0.3, 0.4) is 0 Å². The van der Waals surface area contributed by atoms with Gasteiger partial charge in [-0.1, -0.05) is 61.9 Å². The zero-order valence-electron chi connectivity index (χ0n) is 19.5. The second-order valence-electron chi connectivity index (χ2n) is 8.63. The van der Waals surface area contributed by atoms with Crippen molar-refractivity contribution in [2.75, 3.05) is 19.6 Å². The summed E-state index contributed by atoms with van der Waals surface area (Å²) in [6.07, 6.45) is 2.24. The van der Waals surface area contributed by atoms with Gasteiger partial charge in [-0.15, -0.1) is 0 Å². The highest BCUT2D eigenvalue weighted by atomic mass is 32.2. The molecule has 0 saturated carbocycles. The maximum atomic E-state index is 13.4. The van der Waals surface area contributed by atoms with Gasteiger partial charge in [0.05, 0.1) is 24.2 Å². The summed E-state index contributed by atoms with van der Waals surface area (Å²) in [6, 6.07) is 20.2. The van der Waals surface area contributed by atoms with Gasteiger partial charge in [-0.2, -0.15) is 4.31 Å². The van der Waals surface area contributed by atoms with E-state index in [0.717, 1.165) is 11.1 Å². The van der Waals surface area contributed by atoms with Crippen molar-refractivity contribution >= 4 is 15.9 Å². The van der Waals surface area contributed by atoms with Crippen LogP contribution in [-0.2, 0) is 27.8 Å². The molecule has 0 bridgehead atoms. The standard InChI is InChI=1S/C26H32N2O4S/c1-21(2)18-28(33(30,31)25-13-11-22(3)12-14-25)20-26(29)27(19-24-10-7-17-32-24)16-15-23-8-5-4-6-9-23/h4-14,17,21H,15-16,18-20H2,1-3H3. The van der Waals surface area contributed by atoms with Crippen LogP contribution in [-0.4, -0.2) is 43.2 Å². The Balaban J connectivity index is 1.81. The average molecular weight is 469 g/mol. The van der Waals surface area contributed by atoms with E-state index in [4.69, 9.17) is 4.42 Å². The summed E-state index contributed by atoms with van der Waals surface area (Å²) in [6.45, 7) is 6.59. The van der Waals surface area contributed by atoms with Crippen LogP contribution in [0.15, 0.2) is 82.3 Å². The molecule has 2 aromatic carbocycles. The summed E-state index contributed by atoms with van der Waals surface area (Å²) in [4.78, 5) is 15.3. The fourth-order valence-electron chi connectivity index (χ4n) is 3.56. The molecule has 0 saturated heterocycles. The number of rotatable bonds is 11. The number of aryl methyl sites for hydroxylation is 1. The first kappa shape index (κ1) is 24.7. The molecule has 3 rings (SSSR count). The minimum atomic E-state index is -3.81. The first-order valence-electron chi connectivity index (χ1n) is 11.2. The van der Waals surface area contributed by atoms with Crippen LogP contribution in [0.5, 0.6) is 0 Å². The number of benzene rings is 2. The predicted molar refractivity (Wildman–Crippen MR) is 129 cm³/mol. The lowest BCUT2D eigenvalue weighted by atomic mass is 10.1. The van der Waals surface area contributed by atoms with Crippen LogP contribution in [0.25, 0.3) is 0 Å². The lowest BCUT2D eigenvalue weighted by Gasteiger charge is -2.28. The molecule has 0 aliphatic heterocycles. The monoisotopic (exact) mass is 468 g/mol. The van der Waals surface area contributed by atoms with E-state index >= 15 is 0 Å². The maximum Gasteiger partial charge on any atom is 0.243 e. The molecule has 0 aliphatic carbocycles. The van der Waals surface area contributed by atoms with E-state index in [2.05, 4.69) is 0 Å². The van der Waals surface area contributed by atoms with E-state index in [1.807, 2.05) is 57.2 Å². The van der Waals surface area contributed by atoms with Crippen LogP contribution in [0.1, 0.15) is 30.7 Å². The summed E-state index contributed by atoms with van der Waals surface area (Å²) in [5, 5.41) is 0. The van der Waals surface area contributed by atoms with Crippen LogP contribution in [0.2, 0.25) is 0 Å². The number of furan rings is 1. The molecule has 1 amide bonds. The molecule has 0 atom stereocenters. The molecule has 0 radical (unpaired) electrons. The number of nitrogens with zero attached hydrogens (tertiary/aromatic N) is 2. The Morgan fingerprint density at radius 1 is 0.970 bits per heavy atom. The lowest BCUT2D eigenvalue weighted by Crippen LogP contribution is -2.44. The molecule has 3 aromatic rings. The van der Waals surface area contributed by atoms with Crippen molar-refractivity contribution in [1.29, 1.82) is 0 Å². The van der Waals surface area contributed by atoms with Gasteiger partial charge in [0, 0.05) is 13.1 Å². The molecule has 1 heterocycles. The normalized spacial score (nSPS) is 11.8. The molecule has 33 heavy (non-hydrogen) atoms. The third kappa shape index (κ3) is 7.04. The van der Waals surface area contributed by atoms with E-state index < -0.39 is 10.0 Å². The highest BCUT2D eigenvalue weighted by molar-refractivity contribution is 7.89. The van der Waals surface area contributed by atoms with Gasteiger partial charge in [0.25, 0.3) is 0 Å². The van der Waals surface area contributed by atoms with Crippen molar-refractivity contribution in [3.8, 4) is 0 Å². The highest BCUT2D eigenvalue weighted by Gasteiger charge is 2.29. The number of amides is 1. The fraction of sp³-hybridized carbons (Fsp3) is 0.346. The quantitative estimate of drug-likeness (QED) is 0.415. The molecule has 6 nitrogen and oxygen atoms in total. The minimum absolute atomic E-state index is 0.0702. The Kier molecular flexibility index (Phi) is 8.47. The zero-order chi connectivity index (χ0) is 23.8. The predicted octanol–water partition coefficient (Wildman–Crippen LogP) is 4.51. The molecule has 7 heteroatoms. The van der Waals surface area contributed by atoms with E-state index in [1.165, 1.54) is 4.31 Å². The molecule has 0 aliphatic rings. The summed E-state index contributed by atoms with van der Waals surface area (Å²) < 4.78 is 33.5. The topological polar surface area (TPSA) is 70.8 Å². The van der Waals surface area contributed by atoms with Crippen molar-refractivity contribution in [2.45, 2.75) is 38.6 Å². The highest BCUT2D eigenvalue weighted by Crippen LogP contribution is 2.19. The molecule has 0 unspecified atom stereocenters. The van der Waals surface area contributed by atoms with E-state index in [-0.39, 0.29) is 29.8 Å². The van der Waals surface area contributed by atoms with Crippen LogP contribution >= 0.6 is 0 Å². The Bertz CT molecular complexity index is 1110. The Morgan fingerprint density at radius 3 is 2.27 bits per heavy atom. The first-order valence-corrected chi connectivity index (χ1v) is 12.6. The number of hydrogen-bond donors (Lipinski definition) is 0. The first-order chi connectivity index (χ1) is 15.8. The van der Waals surface area contributed by atoms with Gasteiger partial charge in [-0.25, -0.2) is 8.42 Å². The second kappa shape index (κ2) is 11.3. The number of sulfonamides is 1. The maximum absolute atomic E-state index is 13.4. The Morgan fingerprint density at radius 2 is 1.67 bits per heavy atom. The molecular weight excluding hydrogens is 436 g/mol. The number of carbonyl (C=O) groups is 1. The summed E-state index contributed by atoms with van der Waals surface area (Å²) in [7, 11) is -3.81. The van der Waals surface area contributed by atoms with Gasteiger partial charge in [-0.3, -0.25) is 4.79 Å². The molecule has 0 spiro atoms. The SMILES string of the molecule is Cc1ccc(S(=O)(=O)N(CC(=O)N(CCc2ccccc2)Cc2ccco2)CC(C)C)cc1. The molecule has 176 valence electrons. The van der Waals surface area contributed by atoms with Gasteiger partial charge in [0.1, 0.15) is 5.76 Å². The number of hydrogen-bond acceptors (Lipinski definition) is 4. The van der Waals surface area contributed by atoms with Crippen molar-refractivity contribution in [2.24, 2.45) is 5.92 Å². The number of carbonyl (C=O) groups excluding carboxylic acids is 1. The van der Waals surface area contributed by atoms with Gasteiger partial charge in [-0.05, 0) is 49.1 Å². The van der Waals surface area contributed by atoms with E-state index in [9.17, 15) is 13.2 Å². The summed E-state index contributed by atoms with van der Waals surface area (Å²) >= 11 is 0. The largest absolute Gasteiger partial charge is 0.467 e. The van der Waals surface area contributed by atoms with Gasteiger partial charge in [0.15, 0.2) is 0 Å². The van der Waals surface area contributed by atoms with Crippen molar-refractivity contribution in [3.63, 3.8) is 0 Å².